The normalized spacial score (nSPS) is 10.3. The van der Waals surface area contributed by atoms with Gasteiger partial charge in [-0.3, -0.25) is 4.79 Å². The maximum atomic E-state index is 12.8. The molecule has 0 bridgehead atoms. The third-order valence-electron chi connectivity index (χ3n) is 2.42. The zero-order valence-electron chi connectivity index (χ0n) is 9.74. The minimum Gasteiger partial charge on any atom is -0.507 e. The highest BCUT2D eigenvalue weighted by molar-refractivity contribution is 5.96. The van der Waals surface area contributed by atoms with Gasteiger partial charge >= 0.3 is 0 Å². The number of nitrogens with one attached hydrogen (secondary N) is 1. The van der Waals surface area contributed by atoms with Gasteiger partial charge in [-0.25, -0.2) is 4.39 Å². The molecular formula is C13H12FNO3. The molecule has 18 heavy (non-hydrogen) atoms. The van der Waals surface area contributed by atoms with Gasteiger partial charge in [0.2, 0.25) is 0 Å². The minimum absolute atomic E-state index is 0.0275. The summed E-state index contributed by atoms with van der Waals surface area (Å²) in [4.78, 5) is 11.7. The van der Waals surface area contributed by atoms with Gasteiger partial charge in [0.25, 0.3) is 5.91 Å². The topological polar surface area (TPSA) is 62.5 Å². The van der Waals surface area contributed by atoms with Crippen molar-refractivity contribution in [1.29, 1.82) is 0 Å². The lowest BCUT2D eigenvalue weighted by Crippen LogP contribution is -2.22. The van der Waals surface area contributed by atoms with Crippen LogP contribution in [0.4, 0.5) is 4.39 Å². The number of halogens is 1. The highest BCUT2D eigenvalue weighted by atomic mass is 19.1. The van der Waals surface area contributed by atoms with E-state index in [0.29, 0.717) is 5.76 Å². The van der Waals surface area contributed by atoms with Crippen LogP contribution < -0.4 is 5.32 Å². The summed E-state index contributed by atoms with van der Waals surface area (Å²) in [6, 6.07) is 6.78. The van der Waals surface area contributed by atoms with Crippen LogP contribution in [-0.4, -0.2) is 11.0 Å². The van der Waals surface area contributed by atoms with E-state index in [2.05, 4.69) is 5.32 Å². The Labute approximate surface area is 103 Å². The van der Waals surface area contributed by atoms with E-state index in [4.69, 9.17) is 4.42 Å². The Bertz CT molecular complexity index is 577. The van der Waals surface area contributed by atoms with E-state index in [1.165, 1.54) is 6.07 Å². The zero-order chi connectivity index (χ0) is 13.1. The van der Waals surface area contributed by atoms with E-state index in [0.717, 1.165) is 17.9 Å². The first-order chi connectivity index (χ1) is 8.56. The van der Waals surface area contributed by atoms with E-state index < -0.39 is 11.7 Å². The van der Waals surface area contributed by atoms with Crippen molar-refractivity contribution in [1.82, 2.24) is 5.32 Å². The molecule has 5 heteroatoms. The summed E-state index contributed by atoms with van der Waals surface area (Å²) in [5.41, 5.74) is 0.0275. The largest absolute Gasteiger partial charge is 0.507 e. The molecule has 1 amide bonds. The van der Waals surface area contributed by atoms with Crippen LogP contribution >= 0.6 is 0 Å². The lowest BCUT2D eigenvalue weighted by molar-refractivity contribution is 0.0945. The standard InChI is InChI=1S/C13H12FNO3/c1-8-2-4-10(18-8)7-15-13(17)11-5-3-9(14)6-12(11)16/h2-6,16H,7H2,1H3,(H,15,17). The number of hydrogen-bond donors (Lipinski definition) is 2. The zero-order valence-corrected chi connectivity index (χ0v) is 9.74. The van der Waals surface area contributed by atoms with E-state index in [9.17, 15) is 14.3 Å². The fraction of sp³-hybridized carbons (Fsp3) is 0.154. The first-order valence-corrected chi connectivity index (χ1v) is 5.38. The van der Waals surface area contributed by atoms with E-state index in [-0.39, 0.29) is 17.9 Å². The first-order valence-electron chi connectivity index (χ1n) is 5.38. The summed E-state index contributed by atoms with van der Waals surface area (Å²) < 4.78 is 18.0. The van der Waals surface area contributed by atoms with Crippen molar-refractivity contribution < 1.29 is 18.7 Å². The Hall–Kier alpha value is -2.30. The Morgan fingerprint density at radius 3 is 2.78 bits per heavy atom. The molecule has 2 rings (SSSR count). The molecule has 0 unspecified atom stereocenters. The van der Waals surface area contributed by atoms with Gasteiger partial charge in [0.05, 0.1) is 12.1 Å². The number of carbonyl (C=O) groups is 1. The van der Waals surface area contributed by atoms with Crippen LogP contribution in [0.25, 0.3) is 0 Å². The summed E-state index contributed by atoms with van der Waals surface area (Å²) in [5, 5.41) is 12.0. The van der Waals surface area contributed by atoms with E-state index >= 15 is 0 Å². The molecule has 2 aromatic rings. The molecule has 0 radical (unpaired) electrons. The number of hydrogen-bond acceptors (Lipinski definition) is 3. The number of phenolic OH excluding ortho intramolecular Hbond substituents is 1. The average molecular weight is 249 g/mol. The van der Waals surface area contributed by atoms with Crippen molar-refractivity contribution in [2.75, 3.05) is 0 Å². The SMILES string of the molecule is Cc1ccc(CNC(=O)c2ccc(F)cc2O)o1. The molecule has 2 N–H and O–H groups in total. The van der Waals surface area contributed by atoms with Gasteiger partial charge in [0.15, 0.2) is 0 Å². The number of benzene rings is 1. The molecule has 1 heterocycles. The quantitative estimate of drug-likeness (QED) is 0.877. The number of amides is 1. The lowest BCUT2D eigenvalue weighted by Gasteiger charge is -2.05. The number of aromatic hydroxyl groups is 1. The maximum Gasteiger partial charge on any atom is 0.255 e. The van der Waals surface area contributed by atoms with Crippen LogP contribution in [0, 0.1) is 12.7 Å². The molecule has 94 valence electrons. The van der Waals surface area contributed by atoms with E-state index in [1.54, 1.807) is 19.1 Å². The number of rotatable bonds is 3. The second-order valence-corrected chi connectivity index (χ2v) is 3.86. The van der Waals surface area contributed by atoms with Gasteiger partial charge in [-0.05, 0) is 31.2 Å². The summed E-state index contributed by atoms with van der Waals surface area (Å²) in [7, 11) is 0. The van der Waals surface area contributed by atoms with Crippen molar-refractivity contribution >= 4 is 5.91 Å². The smallest absolute Gasteiger partial charge is 0.255 e. The third kappa shape index (κ3) is 2.68. The molecule has 0 atom stereocenters. The lowest BCUT2D eigenvalue weighted by atomic mass is 10.2. The molecule has 1 aromatic carbocycles. The molecule has 4 nitrogen and oxygen atoms in total. The van der Waals surface area contributed by atoms with Gasteiger partial charge in [-0.2, -0.15) is 0 Å². The molecule has 0 fully saturated rings. The Morgan fingerprint density at radius 2 is 2.17 bits per heavy atom. The summed E-state index contributed by atoms with van der Waals surface area (Å²) in [6.07, 6.45) is 0. The molecular weight excluding hydrogens is 237 g/mol. The average Bonchev–Trinajstić information content (AvgIpc) is 2.72. The Balaban J connectivity index is 2.03. The third-order valence-corrected chi connectivity index (χ3v) is 2.42. The fourth-order valence-corrected chi connectivity index (χ4v) is 1.54. The molecule has 0 aliphatic heterocycles. The van der Waals surface area contributed by atoms with Gasteiger partial charge in [-0.1, -0.05) is 0 Å². The number of aryl methyl sites for hydroxylation is 1. The Morgan fingerprint density at radius 1 is 1.39 bits per heavy atom. The monoisotopic (exact) mass is 249 g/mol. The fourth-order valence-electron chi connectivity index (χ4n) is 1.54. The highest BCUT2D eigenvalue weighted by Gasteiger charge is 2.12. The van der Waals surface area contributed by atoms with Gasteiger partial charge < -0.3 is 14.8 Å². The van der Waals surface area contributed by atoms with Crippen LogP contribution in [0.1, 0.15) is 21.9 Å². The van der Waals surface area contributed by atoms with Crippen molar-refractivity contribution in [3.8, 4) is 5.75 Å². The number of phenols is 1. The van der Waals surface area contributed by atoms with Crippen LogP contribution in [0.3, 0.4) is 0 Å². The molecule has 0 saturated heterocycles. The van der Waals surface area contributed by atoms with Gasteiger partial charge in [-0.15, -0.1) is 0 Å². The minimum atomic E-state index is -0.592. The highest BCUT2D eigenvalue weighted by Crippen LogP contribution is 2.18. The predicted octanol–water partition coefficient (Wildman–Crippen LogP) is 2.36. The van der Waals surface area contributed by atoms with Crippen molar-refractivity contribution in [2.45, 2.75) is 13.5 Å². The van der Waals surface area contributed by atoms with Crippen molar-refractivity contribution in [2.24, 2.45) is 0 Å². The predicted molar refractivity (Wildman–Crippen MR) is 62.7 cm³/mol. The Kier molecular flexibility index (Phi) is 3.32. The maximum absolute atomic E-state index is 12.8. The van der Waals surface area contributed by atoms with Crippen LogP contribution in [0.5, 0.6) is 5.75 Å². The first kappa shape index (κ1) is 12.2. The van der Waals surface area contributed by atoms with Crippen LogP contribution in [0.2, 0.25) is 0 Å². The summed E-state index contributed by atoms with van der Waals surface area (Å²) in [6.45, 7) is 2.01. The molecule has 0 aliphatic rings. The summed E-state index contributed by atoms with van der Waals surface area (Å²) in [5.74, 6) is -0.0956. The molecule has 0 aliphatic carbocycles. The molecule has 0 saturated carbocycles. The molecule has 0 spiro atoms. The second kappa shape index (κ2) is 4.91. The number of carbonyl (C=O) groups excluding carboxylic acids is 1. The van der Waals surface area contributed by atoms with Crippen molar-refractivity contribution in [3.05, 3.63) is 53.2 Å². The second-order valence-electron chi connectivity index (χ2n) is 3.86. The van der Waals surface area contributed by atoms with E-state index in [1.807, 2.05) is 0 Å². The molecule has 1 aromatic heterocycles. The van der Waals surface area contributed by atoms with Gasteiger partial charge in [0.1, 0.15) is 23.1 Å². The van der Waals surface area contributed by atoms with Crippen LogP contribution in [-0.2, 0) is 6.54 Å². The summed E-state index contributed by atoms with van der Waals surface area (Å²) >= 11 is 0. The van der Waals surface area contributed by atoms with Gasteiger partial charge in [0, 0.05) is 6.07 Å². The van der Waals surface area contributed by atoms with Crippen LogP contribution in [0.15, 0.2) is 34.7 Å². The van der Waals surface area contributed by atoms with Crippen molar-refractivity contribution in [3.63, 3.8) is 0 Å². The number of furan rings is 1.